The van der Waals surface area contributed by atoms with Crippen LogP contribution in [-0.4, -0.2) is 38.8 Å². The topological polar surface area (TPSA) is 80.0 Å². The fraction of sp³-hybridized carbons (Fsp3) is 0.571. The summed E-state index contributed by atoms with van der Waals surface area (Å²) in [4.78, 5) is 9.01. The van der Waals surface area contributed by atoms with Crippen molar-refractivity contribution in [3.05, 3.63) is 28.2 Å². The zero-order valence-corrected chi connectivity index (χ0v) is 16.9. The first kappa shape index (κ1) is 19.8. The average Bonchev–Trinajstić information content (AvgIpc) is 3.13. The molecular weight excluding hydrogens is 425 g/mol. The predicted octanol–water partition coefficient (Wildman–Crippen LogP) is 1.98. The quantitative estimate of drug-likeness (QED) is 0.384. The van der Waals surface area contributed by atoms with Crippen molar-refractivity contribution in [2.24, 2.45) is 4.99 Å². The minimum Gasteiger partial charge on any atom is -0.357 e. The number of nitrogens with zero attached hydrogens (tertiary/aromatic N) is 5. The van der Waals surface area contributed by atoms with E-state index in [9.17, 15) is 0 Å². The maximum atomic E-state index is 4.55. The minimum absolute atomic E-state index is 0. The molecule has 0 aliphatic heterocycles. The highest BCUT2D eigenvalue weighted by molar-refractivity contribution is 14.0. The number of hydrogen-bond donors (Lipinski definition) is 2. The molecule has 0 amide bonds. The molecule has 7 nitrogen and oxygen atoms in total. The fourth-order valence-electron chi connectivity index (χ4n) is 1.99. The Labute approximate surface area is 158 Å². The average molecular weight is 449 g/mol. The van der Waals surface area contributed by atoms with Crippen molar-refractivity contribution < 1.29 is 0 Å². The van der Waals surface area contributed by atoms with Crippen LogP contribution in [0.3, 0.4) is 0 Å². The first-order valence-corrected chi connectivity index (χ1v) is 8.40. The molecule has 0 spiro atoms. The Bertz CT molecular complexity index is 608. The van der Waals surface area contributed by atoms with Crippen LogP contribution >= 0.6 is 35.3 Å². The second-order valence-electron chi connectivity index (χ2n) is 4.76. The molecule has 0 saturated carbocycles. The van der Waals surface area contributed by atoms with Crippen LogP contribution in [0.25, 0.3) is 0 Å². The van der Waals surface area contributed by atoms with E-state index in [4.69, 9.17) is 0 Å². The van der Waals surface area contributed by atoms with Crippen LogP contribution in [0, 0.1) is 6.92 Å². The summed E-state index contributed by atoms with van der Waals surface area (Å²) in [5.41, 5.74) is 1.12. The van der Waals surface area contributed by atoms with Gasteiger partial charge in [-0.05, 0) is 20.8 Å². The standard InChI is InChI=1S/C14H23N7S.HI/c1-4-15-14(16-7-6-12-9-22-11(3)19-12)17-8-13-20-18-10-21(13)5-2;/h9-10H,4-8H2,1-3H3,(H2,15,16,17);1H. The van der Waals surface area contributed by atoms with Gasteiger partial charge in [0, 0.05) is 31.4 Å². The monoisotopic (exact) mass is 449 g/mol. The van der Waals surface area contributed by atoms with Crippen LogP contribution < -0.4 is 10.6 Å². The number of aryl methyl sites for hydroxylation is 2. The highest BCUT2D eigenvalue weighted by Gasteiger charge is 2.04. The third-order valence-electron chi connectivity index (χ3n) is 3.10. The van der Waals surface area contributed by atoms with E-state index < -0.39 is 0 Å². The van der Waals surface area contributed by atoms with Crippen LogP contribution in [0.15, 0.2) is 16.7 Å². The van der Waals surface area contributed by atoms with Crippen molar-refractivity contribution in [3.8, 4) is 0 Å². The Morgan fingerprint density at radius 3 is 2.83 bits per heavy atom. The van der Waals surface area contributed by atoms with Gasteiger partial charge in [-0.25, -0.2) is 9.98 Å². The van der Waals surface area contributed by atoms with E-state index >= 15 is 0 Å². The summed E-state index contributed by atoms with van der Waals surface area (Å²) in [6.45, 7) is 9.13. The molecule has 2 aromatic heterocycles. The first-order chi connectivity index (χ1) is 10.7. The van der Waals surface area contributed by atoms with Crippen LogP contribution in [0.4, 0.5) is 0 Å². The van der Waals surface area contributed by atoms with E-state index in [0.717, 1.165) is 48.5 Å². The molecule has 0 aromatic carbocycles. The Morgan fingerprint density at radius 1 is 1.35 bits per heavy atom. The van der Waals surface area contributed by atoms with Gasteiger partial charge in [0.05, 0.1) is 10.7 Å². The zero-order valence-electron chi connectivity index (χ0n) is 13.7. The van der Waals surface area contributed by atoms with Gasteiger partial charge in [0.2, 0.25) is 0 Å². The molecule has 0 aliphatic rings. The second-order valence-corrected chi connectivity index (χ2v) is 5.83. The first-order valence-electron chi connectivity index (χ1n) is 7.52. The normalized spacial score (nSPS) is 11.2. The van der Waals surface area contributed by atoms with Crippen molar-refractivity contribution >= 4 is 41.3 Å². The van der Waals surface area contributed by atoms with Gasteiger partial charge in [0.15, 0.2) is 11.8 Å². The van der Waals surface area contributed by atoms with Crippen molar-refractivity contribution in [3.63, 3.8) is 0 Å². The number of nitrogens with one attached hydrogen (secondary N) is 2. The molecule has 2 aromatic rings. The SMILES string of the molecule is CCNC(=NCc1nncn1CC)NCCc1csc(C)n1.I. The van der Waals surface area contributed by atoms with Crippen LogP contribution in [0.1, 0.15) is 30.4 Å². The van der Waals surface area contributed by atoms with E-state index in [-0.39, 0.29) is 24.0 Å². The molecule has 2 heterocycles. The molecule has 0 bridgehead atoms. The predicted molar refractivity (Wildman–Crippen MR) is 104 cm³/mol. The van der Waals surface area contributed by atoms with Gasteiger partial charge in [0.1, 0.15) is 12.9 Å². The van der Waals surface area contributed by atoms with E-state index in [1.165, 1.54) is 0 Å². The Kier molecular flexibility index (Phi) is 9.07. The largest absolute Gasteiger partial charge is 0.357 e. The number of hydrogen-bond acceptors (Lipinski definition) is 5. The summed E-state index contributed by atoms with van der Waals surface area (Å²) in [7, 11) is 0. The molecule has 23 heavy (non-hydrogen) atoms. The van der Waals surface area contributed by atoms with E-state index in [1.807, 2.05) is 11.5 Å². The second kappa shape index (κ2) is 10.5. The highest BCUT2D eigenvalue weighted by Crippen LogP contribution is 2.07. The lowest BCUT2D eigenvalue weighted by atomic mass is 10.3. The Morgan fingerprint density at radius 2 is 2.17 bits per heavy atom. The van der Waals surface area contributed by atoms with Crippen LogP contribution in [0.2, 0.25) is 0 Å². The molecule has 9 heteroatoms. The van der Waals surface area contributed by atoms with Gasteiger partial charge >= 0.3 is 0 Å². The van der Waals surface area contributed by atoms with E-state index in [1.54, 1.807) is 17.7 Å². The Hall–Kier alpha value is -1.23. The van der Waals surface area contributed by atoms with Crippen molar-refractivity contribution in [1.29, 1.82) is 0 Å². The molecule has 0 saturated heterocycles. The highest BCUT2D eigenvalue weighted by atomic mass is 127. The van der Waals surface area contributed by atoms with Gasteiger partial charge in [0.25, 0.3) is 0 Å². The fourth-order valence-corrected chi connectivity index (χ4v) is 2.64. The molecule has 0 fully saturated rings. The van der Waals surface area contributed by atoms with Gasteiger partial charge in [-0.1, -0.05) is 0 Å². The van der Waals surface area contributed by atoms with Crippen LogP contribution in [0.5, 0.6) is 0 Å². The zero-order chi connectivity index (χ0) is 15.8. The third kappa shape index (κ3) is 6.42. The smallest absolute Gasteiger partial charge is 0.191 e. The molecule has 128 valence electrons. The lowest BCUT2D eigenvalue weighted by Gasteiger charge is -2.10. The number of guanidine groups is 1. The van der Waals surface area contributed by atoms with E-state index in [2.05, 4.69) is 50.0 Å². The summed E-state index contributed by atoms with van der Waals surface area (Å²) < 4.78 is 1.99. The van der Waals surface area contributed by atoms with Crippen molar-refractivity contribution in [2.75, 3.05) is 13.1 Å². The lowest BCUT2D eigenvalue weighted by molar-refractivity contribution is 0.693. The number of rotatable bonds is 7. The van der Waals surface area contributed by atoms with Crippen molar-refractivity contribution in [2.45, 2.75) is 40.3 Å². The molecule has 2 rings (SSSR count). The third-order valence-corrected chi connectivity index (χ3v) is 3.92. The molecule has 0 unspecified atom stereocenters. The van der Waals surface area contributed by atoms with E-state index in [0.29, 0.717) is 6.54 Å². The maximum Gasteiger partial charge on any atom is 0.191 e. The maximum absolute atomic E-state index is 4.55. The number of aliphatic imine (C=N–C) groups is 1. The summed E-state index contributed by atoms with van der Waals surface area (Å²) in [5, 5.41) is 17.8. The number of thiazole rings is 1. The van der Waals surface area contributed by atoms with Crippen LogP contribution in [-0.2, 0) is 19.5 Å². The molecule has 0 atom stereocenters. The van der Waals surface area contributed by atoms with Gasteiger partial charge < -0.3 is 15.2 Å². The summed E-state index contributed by atoms with van der Waals surface area (Å²) in [6, 6.07) is 0. The molecule has 0 aliphatic carbocycles. The Balaban J connectivity index is 0.00000264. The number of halogens is 1. The molecular formula is C14H24IN7S. The van der Waals surface area contributed by atoms with Gasteiger partial charge in [-0.15, -0.1) is 45.5 Å². The molecule has 2 N–H and O–H groups in total. The van der Waals surface area contributed by atoms with Crippen molar-refractivity contribution in [1.82, 2.24) is 30.4 Å². The lowest BCUT2D eigenvalue weighted by Crippen LogP contribution is -2.38. The summed E-state index contributed by atoms with van der Waals surface area (Å²) in [6.07, 6.45) is 2.62. The summed E-state index contributed by atoms with van der Waals surface area (Å²) in [5.74, 6) is 1.66. The van der Waals surface area contributed by atoms with Gasteiger partial charge in [-0.3, -0.25) is 0 Å². The number of aromatic nitrogens is 4. The minimum atomic E-state index is 0. The molecule has 0 radical (unpaired) electrons. The van der Waals surface area contributed by atoms with Gasteiger partial charge in [-0.2, -0.15) is 0 Å². The summed E-state index contributed by atoms with van der Waals surface area (Å²) >= 11 is 1.68.